The zero-order valence-corrected chi connectivity index (χ0v) is 14.4. The first-order chi connectivity index (χ1) is 12.1. The number of aromatic nitrogens is 3. The van der Waals surface area contributed by atoms with Gasteiger partial charge < -0.3 is 9.84 Å². The van der Waals surface area contributed by atoms with Gasteiger partial charge >= 0.3 is 5.97 Å². The molecule has 6 nitrogen and oxygen atoms in total. The van der Waals surface area contributed by atoms with Gasteiger partial charge in [0.05, 0.1) is 12.7 Å². The van der Waals surface area contributed by atoms with Crippen LogP contribution in [-0.2, 0) is 13.0 Å². The molecule has 0 aliphatic heterocycles. The molecule has 1 aromatic heterocycles. The average molecular weight is 355 g/mol. The van der Waals surface area contributed by atoms with Gasteiger partial charge in [-0.05, 0) is 42.4 Å². The molecule has 0 saturated carbocycles. The van der Waals surface area contributed by atoms with Crippen LogP contribution in [0.2, 0.25) is 0 Å². The summed E-state index contributed by atoms with van der Waals surface area (Å²) in [4.78, 5) is 11.3. The van der Waals surface area contributed by atoms with Crippen LogP contribution in [0.3, 0.4) is 0 Å². The molecule has 0 amide bonds. The third kappa shape index (κ3) is 3.61. The van der Waals surface area contributed by atoms with Crippen molar-refractivity contribution in [3.8, 4) is 17.1 Å². The number of carbonyl (C=O) groups is 1. The molecule has 2 N–H and O–H groups in total. The zero-order chi connectivity index (χ0) is 17.8. The third-order valence-electron chi connectivity index (χ3n) is 3.94. The van der Waals surface area contributed by atoms with Gasteiger partial charge in [-0.25, -0.2) is 4.79 Å². The van der Waals surface area contributed by atoms with Crippen molar-refractivity contribution in [1.29, 1.82) is 0 Å². The quantitative estimate of drug-likeness (QED) is 0.661. The zero-order valence-electron chi connectivity index (χ0n) is 13.6. The number of H-pyrrole nitrogens is 1. The van der Waals surface area contributed by atoms with E-state index >= 15 is 0 Å². The monoisotopic (exact) mass is 355 g/mol. The number of aromatic amines is 1. The Morgan fingerprint density at radius 1 is 1.28 bits per heavy atom. The highest BCUT2D eigenvalue weighted by molar-refractivity contribution is 7.71. The summed E-state index contributed by atoms with van der Waals surface area (Å²) in [5.74, 6) is 0.491. The van der Waals surface area contributed by atoms with E-state index < -0.39 is 5.97 Å². The first-order valence-electron chi connectivity index (χ1n) is 7.71. The summed E-state index contributed by atoms with van der Waals surface area (Å²) < 4.78 is 7.61. The van der Waals surface area contributed by atoms with E-state index in [0.29, 0.717) is 29.1 Å². The molecule has 25 heavy (non-hydrogen) atoms. The van der Waals surface area contributed by atoms with E-state index in [1.54, 1.807) is 19.2 Å². The lowest BCUT2D eigenvalue weighted by atomic mass is 10.0. The topological polar surface area (TPSA) is 80.1 Å². The lowest BCUT2D eigenvalue weighted by Crippen LogP contribution is -2.08. The molecule has 7 heteroatoms. The standard InChI is InChI=1S/C18H17N3O3S/c1-24-14-7-4-6-13(11-14)16-19-20-18(25)21(16)10-9-12-5-2-3-8-15(12)17(22)23/h2-8,11H,9-10H2,1H3,(H,20,25)(H,22,23). The van der Waals surface area contributed by atoms with Crippen molar-refractivity contribution in [3.05, 3.63) is 64.4 Å². The van der Waals surface area contributed by atoms with Gasteiger partial charge in [-0.15, -0.1) is 0 Å². The summed E-state index contributed by atoms with van der Waals surface area (Å²) in [5, 5.41) is 16.4. The van der Waals surface area contributed by atoms with Crippen LogP contribution in [0.5, 0.6) is 5.75 Å². The summed E-state index contributed by atoms with van der Waals surface area (Å²) in [5.41, 5.74) is 1.94. The van der Waals surface area contributed by atoms with Gasteiger partial charge in [0.2, 0.25) is 0 Å². The molecule has 0 atom stereocenters. The van der Waals surface area contributed by atoms with E-state index in [2.05, 4.69) is 10.2 Å². The van der Waals surface area contributed by atoms with Crippen molar-refractivity contribution in [1.82, 2.24) is 14.8 Å². The molecular weight excluding hydrogens is 338 g/mol. The van der Waals surface area contributed by atoms with Gasteiger partial charge in [0, 0.05) is 12.1 Å². The fourth-order valence-corrected chi connectivity index (χ4v) is 2.91. The second-order valence-corrected chi connectivity index (χ2v) is 5.83. The number of hydrogen-bond acceptors (Lipinski definition) is 4. The number of ether oxygens (including phenoxy) is 1. The summed E-state index contributed by atoms with van der Waals surface area (Å²) in [6, 6.07) is 14.5. The maximum absolute atomic E-state index is 11.3. The number of benzene rings is 2. The summed E-state index contributed by atoms with van der Waals surface area (Å²) >= 11 is 5.33. The molecule has 0 aliphatic rings. The molecule has 128 valence electrons. The first kappa shape index (κ1) is 16.9. The van der Waals surface area contributed by atoms with E-state index in [-0.39, 0.29) is 0 Å². The van der Waals surface area contributed by atoms with Crippen molar-refractivity contribution < 1.29 is 14.6 Å². The minimum atomic E-state index is -0.931. The predicted octanol–water partition coefficient (Wildman–Crippen LogP) is 3.56. The molecule has 0 bridgehead atoms. The van der Waals surface area contributed by atoms with Crippen molar-refractivity contribution >= 4 is 18.2 Å². The van der Waals surface area contributed by atoms with Crippen molar-refractivity contribution in [2.45, 2.75) is 13.0 Å². The number of nitrogens with zero attached hydrogens (tertiary/aromatic N) is 2. The number of hydrogen-bond donors (Lipinski definition) is 2. The molecule has 2 aromatic carbocycles. The molecule has 0 unspecified atom stereocenters. The highest BCUT2D eigenvalue weighted by Gasteiger charge is 2.12. The van der Waals surface area contributed by atoms with E-state index in [0.717, 1.165) is 16.9 Å². The number of rotatable bonds is 6. The van der Waals surface area contributed by atoms with E-state index in [1.807, 2.05) is 41.0 Å². The number of methoxy groups -OCH3 is 1. The van der Waals surface area contributed by atoms with E-state index in [1.165, 1.54) is 0 Å². The Labute approximate surface area is 149 Å². The largest absolute Gasteiger partial charge is 0.497 e. The Kier molecular flexibility index (Phi) is 4.95. The lowest BCUT2D eigenvalue weighted by Gasteiger charge is -2.10. The van der Waals surface area contributed by atoms with Crippen LogP contribution in [0, 0.1) is 4.77 Å². The molecule has 0 fully saturated rings. The molecule has 0 radical (unpaired) electrons. The summed E-state index contributed by atoms with van der Waals surface area (Å²) in [7, 11) is 1.61. The summed E-state index contributed by atoms with van der Waals surface area (Å²) in [6.45, 7) is 0.520. The van der Waals surface area contributed by atoms with Crippen LogP contribution in [0.1, 0.15) is 15.9 Å². The van der Waals surface area contributed by atoms with Gasteiger partial charge in [-0.3, -0.25) is 9.67 Å². The van der Waals surface area contributed by atoms with Crippen LogP contribution in [0.15, 0.2) is 48.5 Å². The van der Waals surface area contributed by atoms with Crippen molar-refractivity contribution in [2.75, 3.05) is 7.11 Å². The number of carboxylic acid groups (broad SMARTS) is 1. The molecule has 3 rings (SSSR count). The number of carboxylic acids is 1. The lowest BCUT2D eigenvalue weighted by molar-refractivity contribution is 0.0695. The van der Waals surface area contributed by atoms with Gasteiger partial charge in [-0.1, -0.05) is 30.3 Å². The molecule has 1 heterocycles. The average Bonchev–Trinajstić information content (AvgIpc) is 3.00. The van der Waals surface area contributed by atoms with Crippen molar-refractivity contribution in [2.24, 2.45) is 0 Å². The van der Waals surface area contributed by atoms with Crippen LogP contribution in [0.4, 0.5) is 0 Å². The maximum atomic E-state index is 11.3. The molecule has 3 aromatic rings. The van der Waals surface area contributed by atoms with E-state index in [4.69, 9.17) is 17.0 Å². The Bertz CT molecular complexity index is 962. The predicted molar refractivity (Wildman–Crippen MR) is 96.5 cm³/mol. The Morgan fingerprint density at radius 3 is 2.84 bits per heavy atom. The highest BCUT2D eigenvalue weighted by atomic mass is 32.1. The second kappa shape index (κ2) is 7.31. The van der Waals surface area contributed by atoms with Crippen LogP contribution < -0.4 is 4.74 Å². The van der Waals surface area contributed by atoms with Gasteiger partial charge in [0.25, 0.3) is 0 Å². The SMILES string of the molecule is COc1cccc(-c2n[nH]c(=S)n2CCc2ccccc2C(=O)O)c1. The van der Waals surface area contributed by atoms with E-state index in [9.17, 15) is 9.90 Å². The van der Waals surface area contributed by atoms with Gasteiger partial charge in [0.1, 0.15) is 5.75 Å². The fourth-order valence-electron chi connectivity index (χ4n) is 2.69. The third-order valence-corrected chi connectivity index (χ3v) is 4.25. The number of aromatic carboxylic acids is 1. The van der Waals surface area contributed by atoms with Crippen LogP contribution >= 0.6 is 12.2 Å². The molecule has 0 saturated heterocycles. The van der Waals surface area contributed by atoms with Gasteiger partial charge in [-0.2, -0.15) is 5.10 Å². The Morgan fingerprint density at radius 2 is 2.08 bits per heavy atom. The number of nitrogens with one attached hydrogen (secondary N) is 1. The molecular formula is C18H17N3O3S. The number of aryl methyl sites for hydroxylation is 1. The van der Waals surface area contributed by atoms with Crippen molar-refractivity contribution in [3.63, 3.8) is 0 Å². The fraction of sp³-hybridized carbons (Fsp3) is 0.167. The minimum Gasteiger partial charge on any atom is -0.497 e. The second-order valence-electron chi connectivity index (χ2n) is 5.45. The molecule has 0 aliphatic carbocycles. The highest BCUT2D eigenvalue weighted by Crippen LogP contribution is 2.23. The normalized spacial score (nSPS) is 10.6. The minimum absolute atomic E-state index is 0.306. The Hall–Kier alpha value is -2.93. The first-order valence-corrected chi connectivity index (χ1v) is 8.12. The smallest absolute Gasteiger partial charge is 0.335 e. The van der Waals surface area contributed by atoms with Crippen LogP contribution in [0.25, 0.3) is 11.4 Å². The molecule has 0 spiro atoms. The maximum Gasteiger partial charge on any atom is 0.335 e. The van der Waals surface area contributed by atoms with Crippen LogP contribution in [-0.4, -0.2) is 33.0 Å². The summed E-state index contributed by atoms with van der Waals surface area (Å²) in [6.07, 6.45) is 0.535. The van der Waals surface area contributed by atoms with Gasteiger partial charge in [0.15, 0.2) is 10.6 Å². The Balaban J connectivity index is 1.91.